The Bertz CT molecular complexity index is 781. The van der Waals surface area contributed by atoms with Gasteiger partial charge in [0, 0.05) is 37.9 Å². The molecule has 1 saturated heterocycles. The van der Waals surface area contributed by atoms with Crippen LogP contribution in [0.3, 0.4) is 0 Å². The summed E-state index contributed by atoms with van der Waals surface area (Å²) in [5.41, 5.74) is 0.535. The maximum Gasteiger partial charge on any atom is 0.254 e. The first-order valence-corrected chi connectivity index (χ1v) is 10.1. The first kappa shape index (κ1) is 20.7. The maximum absolute atomic E-state index is 13.2. The van der Waals surface area contributed by atoms with E-state index in [-0.39, 0.29) is 5.91 Å². The summed E-state index contributed by atoms with van der Waals surface area (Å²) in [5.74, 6) is 2.38. The van der Waals surface area contributed by atoms with Crippen LogP contribution in [0.15, 0.2) is 30.5 Å². The number of ether oxygens (including phenoxy) is 3. The molecule has 0 N–H and O–H groups in total. The molecule has 1 amide bonds. The minimum atomic E-state index is -0.0475. The zero-order chi connectivity index (χ0) is 20.6. The van der Waals surface area contributed by atoms with Gasteiger partial charge in [-0.15, -0.1) is 5.10 Å². The molecule has 0 radical (unpaired) electrons. The van der Waals surface area contributed by atoms with E-state index in [1.807, 2.05) is 37.8 Å². The van der Waals surface area contributed by atoms with Crippen LogP contribution in [-0.4, -0.2) is 67.0 Å². The molecule has 0 unspecified atom stereocenters. The third-order valence-electron chi connectivity index (χ3n) is 4.61. The van der Waals surface area contributed by atoms with Crippen molar-refractivity contribution in [2.45, 2.75) is 20.8 Å². The molecule has 156 valence electrons. The van der Waals surface area contributed by atoms with Crippen LogP contribution in [0.4, 0.5) is 5.82 Å². The largest absolute Gasteiger partial charge is 0.490 e. The molecule has 0 saturated carbocycles. The second-order valence-electron chi connectivity index (χ2n) is 6.46. The van der Waals surface area contributed by atoms with Crippen molar-refractivity contribution in [3.8, 4) is 17.2 Å². The average Bonchev–Trinajstić information content (AvgIpc) is 2.76. The molecule has 8 nitrogen and oxygen atoms in total. The predicted octanol–water partition coefficient (Wildman–Crippen LogP) is 2.64. The van der Waals surface area contributed by atoms with Gasteiger partial charge >= 0.3 is 0 Å². The van der Waals surface area contributed by atoms with Crippen LogP contribution in [0, 0.1) is 0 Å². The fourth-order valence-corrected chi connectivity index (χ4v) is 3.30. The number of carbonyl (C=O) groups excluding carboxylic acids is 1. The van der Waals surface area contributed by atoms with Crippen molar-refractivity contribution in [1.29, 1.82) is 0 Å². The lowest BCUT2D eigenvalue weighted by Crippen LogP contribution is -2.49. The Balaban J connectivity index is 1.78. The molecule has 0 aliphatic carbocycles. The standard InChI is InChI=1S/C21H28N4O4/c1-4-27-17-14-16(15-18(28-5-2)20(17)29-6-3)21(26)25-12-10-24(11-13-25)19-8-7-9-22-23-19/h7-9,14-15H,4-6,10-13H2,1-3H3. The second kappa shape index (κ2) is 9.95. The van der Waals surface area contributed by atoms with Crippen molar-refractivity contribution >= 4 is 11.7 Å². The molecule has 0 spiro atoms. The number of hydrogen-bond acceptors (Lipinski definition) is 7. The normalized spacial score (nSPS) is 13.9. The number of anilines is 1. The molecule has 1 aromatic heterocycles. The predicted molar refractivity (Wildman–Crippen MR) is 110 cm³/mol. The van der Waals surface area contributed by atoms with Gasteiger partial charge in [0.25, 0.3) is 5.91 Å². The van der Waals surface area contributed by atoms with E-state index < -0.39 is 0 Å². The number of benzene rings is 1. The van der Waals surface area contributed by atoms with Gasteiger partial charge in [0.2, 0.25) is 5.75 Å². The van der Waals surface area contributed by atoms with Gasteiger partial charge in [-0.25, -0.2) is 0 Å². The molecule has 1 aromatic carbocycles. The van der Waals surface area contributed by atoms with Crippen molar-refractivity contribution in [1.82, 2.24) is 15.1 Å². The van der Waals surface area contributed by atoms with Gasteiger partial charge in [0.15, 0.2) is 17.3 Å². The summed E-state index contributed by atoms with van der Waals surface area (Å²) in [4.78, 5) is 17.1. The van der Waals surface area contributed by atoms with Gasteiger partial charge in [-0.05, 0) is 45.0 Å². The lowest BCUT2D eigenvalue weighted by atomic mass is 10.1. The average molecular weight is 400 g/mol. The van der Waals surface area contributed by atoms with E-state index in [9.17, 15) is 4.79 Å². The number of piperazine rings is 1. The third kappa shape index (κ3) is 4.88. The van der Waals surface area contributed by atoms with Gasteiger partial charge in [-0.2, -0.15) is 5.10 Å². The number of nitrogens with zero attached hydrogens (tertiary/aromatic N) is 4. The zero-order valence-electron chi connectivity index (χ0n) is 17.3. The van der Waals surface area contributed by atoms with E-state index in [0.29, 0.717) is 68.8 Å². The SMILES string of the molecule is CCOc1cc(C(=O)N2CCN(c3cccnn3)CC2)cc(OCC)c1OCC. The highest BCUT2D eigenvalue weighted by Crippen LogP contribution is 2.39. The van der Waals surface area contributed by atoms with Crippen molar-refractivity contribution in [2.24, 2.45) is 0 Å². The summed E-state index contributed by atoms with van der Waals surface area (Å²) >= 11 is 0. The summed E-state index contributed by atoms with van der Waals surface area (Å²) in [6, 6.07) is 7.28. The Morgan fingerprint density at radius 2 is 1.59 bits per heavy atom. The quantitative estimate of drug-likeness (QED) is 0.674. The molecule has 2 heterocycles. The molecule has 3 rings (SSSR count). The number of carbonyl (C=O) groups is 1. The van der Waals surface area contributed by atoms with Gasteiger partial charge in [0.1, 0.15) is 0 Å². The van der Waals surface area contributed by atoms with E-state index >= 15 is 0 Å². The summed E-state index contributed by atoms with van der Waals surface area (Å²) in [7, 11) is 0. The molecule has 1 aliphatic heterocycles. The molecule has 29 heavy (non-hydrogen) atoms. The molecular weight excluding hydrogens is 372 g/mol. The summed E-state index contributed by atoms with van der Waals surface area (Å²) in [6.07, 6.45) is 1.65. The van der Waals surface area contributed by atoms with E-state index in [4.69, 9.17) is 14.2 Å². The Hall–Kier alpha value is -3.03. The Morgan fingerprint density at radius 3 is 2.10 bits per heavy atom. The first-order valence-electron chi connectivity index (χ1n) is 10.1. The highest BCUT2D eigenvalue weighted by molar-refractivity contribution is 5.95. The Kier molecular flexibility index (Phi) is 7.10. The lowest BCUT2D eigenvalue weighted by molar-refractivity contribution is 0.0745. The lowest BCUT2D eigenvalue weighted by Gasteiger charge is -2.35. The topological polar surface area (TPSA) is 77.0 Å². The first-order chi connectivity index (χ1) is 14.2. The highest BCUT2D eigenvalue weighted by atomic mass is 16.5. The number of hydrogen-bond donors (Lipinski definition) is 0. The molecule has 0 atom stereocenters. The van der Waals surface area contributed by atoms with E-state index in [1.54, 1.807) is 18.3 Å². The van der Waals surface area contributed by atoms with Gasteiger partial charge in [-0.3, -0.25) is 4.79 Å². The molecule has 1 aliphatic rings. The molecule has 0 bridgehead atoms. The highest BCUT2D eigenvalue weighted by Gasteiger charge is 2.25. The minimum absolute atomic E-state index is 0.0475. The van der Waals surface area contributed by atoms with Gasteiger partial charge in [0.05, 0.1) is 19.8 Å². The molecule has 2 aromatic rings. The van der Waals surface area contributed by atoms with Crippen LogP contribution in [0.25, 0.3) is 0 Å². The van der Waals surface area contributed by atoms with Crippen molar-refractivity contribution in [3.63, 3.8) is 0 Å². The van der Waals surface area contributed by atoms with Crippen molar-refractivity contribution < 1.29 is 19.0 Å². The fourth-order valence-electron chi connectivity index (χ4n) is 3.30. The third-order valence-corrected chi connectivity index (χ3v) is 4.61. The second-order valence-corrected chi connectivity index (χ2v) is 6.46. The van der Waals surface area contributed by atoms with Crippen LogP contribution >= 0.6 is 0 Å². The minimum Gasteiger partial charge on any atom is -0.490 e. The van der Waals surface area contributed by atoms with E-state index in [1.165, 1.54) is 0 Å². The van der Waals surface area contributed by atoms with Crippen LogP contribution in [-0.2, 0) is 0 Å². The van der Waals surface area contributed by atoms with Crippen molar-refractivity contribution in [3.05, 3.63) is 36.0 Å². The molecule has 8 heteroatoms. The number of rotatable bonds is 8. The van der Waals surface area contributed by atoms with E-state index in [2.05, 4.69) is 15.1 Å². The smallest absolute Gasteiger partial charge is 0.254 e. The molecular formula is C21H28N4O4. The summed E-state index contributed by atoms with van der Waals surface area (Å²) in [5, 5.41) is 8.07. The van der Waals surface area contributed by atoms with Crippen LogP contribution in [0.2, 0.25) is 0 Å². The van der Waals surface area contributed by atoms with E-state index in [0.717, 1.165) is 5.82 Å². The van der Waals surface area contributed by atoms with Gasteiger partial charge in [-0.1, -0.05) is 0 Å². The maximum atomic E-state index is 13.2. The zero-order valence-corrected chi connectivity index (χ0v) is 17.3. The Labute approximate surface area is 171 Å². The van der Waals surface area contributed by atoms with Crippen LogP contribution < -0.4 is 19.1 Å². The summed E-state index contributed by atoms with van der Waals surface area (Å²) in [6.45, 7) is 9.76. The Morgan fingerprint density at radius 1 is 0.966 bits per heavy atom. The molecule has 1 fully saturated rings. The van der Waals surface area contributed by atoms with Crippen LogP contribution in [0.1, 0.15) is 31.1 Å². The number of aromatic nitrogens is 2. The fraction of sp³-hybridized carbons (Fsp3) is 0.476. The monoisotopic (exact) mass is 400 g/mol. The summed E-state index contributed by atoms with van der Waals surface area (Å²) < 4.78 is 17.2. The van der Waals surface area contributed by atoms with Crippen molar-refractivity contribution in [2.75, 3.05) is 50.9 Å². The van der Waals surface area contributed by atoms with Crippen LogP contribution in [0.5, 0.6) is 17.2 Å². The number of amides is 1. The van der Waals surface area contributed by atoms with Gasteiger partial charge < -0.3 is 24.0 Å².